The Bertz CT molecular complexity index is 443. The lowest BCUT2D eigenvalue weighted by atomic mass is 9.69. The molecule has 2 saturated carbocycles. The molecule has 104 valence electrons. The first-order chi connectivity index (χ1) is 9.22. The van der Waals surface area contributed by atoms with Crippen LogP contribution in [0.15, 0.2) is 18.2 Å². The molecule has 1 aromatic carbocycles. The van der Waals surface area contributed by atoms with Crippen LogP contribution in [0.25, 0.3) is 0 Å². The molecule has 1 aromatic rings. The minimum absolute atomic E-state index is 0.106. The standard InChI is InChI=1S/C17H24FN/c1-12-6-9-17(16(18)10-12)19-15-8-7-13-4-2-3-5-14(13)11-15/h6,9-10,13-15,19H,2-5,7-8,11H2,1H3. The fraction of sp³-hybridized carbons (Fsp3) is 0.647. The highest BCUT2D eigenvalue weighted by atomic mass is 19.1. The first kappa shape index (κ1) is 13.0. The number of halogens is 1. The highest BCUT2D eigenvalue weighted by Gasteiger charge is 2.32. The third-order valence-electron chi connectivity index (χ3n) is 5.02. The van der Waals surface area contributed by atoms with Gasteiger partial charge in [0.05, 0.1) is 5.69 Å². The van der Waals surface area contributed by atoms with Crippen molar-refractivity contribution in [1.82, 2.24) is 0 Å². The Morgan fingerprint density at radius 2 is 1.84 bits per heavy atom. The van der Waals surface area contributed by atoms with Crippen LogP contribution < -0.4 is 5.32 Å². The van der Waals surface area contributed by atoms with E-state index in [1.54, 1.807) is 6.07 Å². The van der Waals surface area contributed by atoms with Gasteiger partial charge >= 0.3 is 0 Å². The average molecular weight is 261 g/mol. The van der Waals surface area contributed by atoms with Crippen LogP contribution in [0.4, 0.5) is 10.1 Å². The predicted molar refractivity (Wildman–Crippen MR) is 77.8 cm³/mol. The van der Waals surface area contributed by atoms with Crippen molar-refractivity contribution in [3.8, 4) is 0 Å². The summed E-state index contributed by atoms with van der Waals surface area (Å²) in [4.78, 5) is 0. The van der Waals surface area contributed by atoms with Gasteiger partial charge in [-0.3, -0.25) is 0 Å². The Kier molecular flexibility index (Phi) is 3.76. The molecule has 0 aromatic heterocycles. The Morgan fingerprint density at radius 3 is 2.63 bits per heavy atom. The van der Waals surface area contributed by atoms with Gasteiger partial charge in [0.15, 0.2) is 0 Å². The Balaban J connectivity index is 1.64. The van der Waals surface area contributed by atoms with Gasteiger partial charge in [-0.05, 0) is 55.7 Å². The maximum Gasteiger partial charge on any atom is 0.146 e. The molecule has 2 fully saturated rings. The largest absolute Gasteiger partial charge is 0.380 e. The third kappa shape index (κ3) is 2.93. The Labute approximate surface area is 115 Å². The van der Waals surface area contributed by atoms with Crippen molar-refractivity contribution in [3.05, 3.63) is 29.6 Å². The van der Waals surface area contributed by atoms with E-state index in [1.807, 2.05) is 19.1 Å². The van der Waals surface area contributed by atoms with Crippen LogP contribution in [-0.4, -0.2) is 6.04 Å². The lowest BCUT2D eigenvalue weighted by Crippen LogP contribution is -2.34. The van der Waals surface area contributed by atoms with Crippen LogP contribution in [0.1, 0.15) is 50.5 Å². The van der Waals surface area contributed by atoms with Crippen molar-refractivity contribution in [2.45, 2.75) is 57.9 Å². The summed E-state index contributed by atoms with van der Waals surface area (Å²) in [6.45, 7) is 1.93. The lowest BCUT2D eigenvalue weighted by molar-refractivity contribution is 0.162. The second-order valence-electron chi connectivity index (χ2n) is 6.44. The molecule has 0 spiro atoms. The molecule has 2 aliphatic carbocycles. The molecule has 2 aliphatic rings. The number of hydrogen-bond acceptors (Lipinski definition) is 1. The Morgan fingerprint density at radius 1 is 1.05 bits per heavy atom. The molecule has 1 nitrogen and oxygen atoms in total. The van der Waals surface area contributed by atoms with E-state index in [4.69, 9.17) is 0 Å². The lowest BCUT2D eigenvalue weighted by Gasteiger charge is -2.39. The van der Waals surface area contributed by atoms with Crippen LogP contribution in [0.5, 0.6) is 0 Å². The minimum Gasteiger partial charge on any atom is -0.380 e. The summed E-state index contributed by atoms with van der Waals surface area (Å²) < 4.78 is 13.9. The van der Waals surface area contributed by atoms with Crippen molar-refractivity contribution >= 4 is 5.69 Å². The minimum atomic E-state index is -0.106. The topological polar surface area (TPSA) is 12.0 Å². The fourth-order valence-corrected chi connectivity index (χ4v) is 3.96. The van der Waals surface area contributed by atoms with E-state index in [-0.39, 0.29) is 5.82 Å². The number of aryl methyl sites for hydroxylation is 1. The summed E-state index contributed by atoms with van der Waals surface area (Å²) in [5.74, 6) is 1.73. The van der Waals surface area contributed by atoms with Gasteiger partial charge in [-0.1, -0.05) is 31.7 Å². The summed E-state index contributed by atoms with van der Waals surface area (Å²) in [7, 11) is 0. The molecule has 1 N–H and O–H groups in total. The van der Waals surface area contributed by atoms with Gasteiger partial charge in [0, 0.05) is 6.04 Å². The van der Waals surface area contributed by atoms with Crippen LogP contribution in [-0.2, 0) is 0 Å². The third-order valence-corrected chi connectivity index (χ3v) is 5.02. The van der Waals surface area contributed by atoms with Crippen LogP contribution in [0, 0.1) is 24.6 Å². The van der Waals surface area contributed by atoms with E-state index in [2.05, 4.69) is 5.32 Å². The maximum atomic E-state index is 13.9. The highest BCUT2D eigenvalue weighted by Crippen LogP contribution is 2.41. The number of nitrogens with one attached hydrogen (secondary N) is 1. The van der Waals surface area contributed by atoms with Crippen molar-refractivity contribution in [2.24, 2.45) is 11.8 Å². The number of fused-ring (bicyclic) bond motifs is 1. The van der Waals surface area contributed by atoms with Crippen molar-refractivity contribution in [1.29, 1.82) is 0 Å². The van der Waals surface area contributed by atoms with Crippen LogP contribution in [0.3, 0.4) is 0 Å². The van der Waals surface area contributed by atoms with E-state index in [0.717, 1.165) is 17.4 Å². The normalized spacial score (nSPS) is 30.7. The van der Waals surface area contributed by atoms with E-state index in [0.29, 0.717) is 11.7 Å². The molecule has 0 radical (unpaired) electrons. The SMILES string of the molecule is Cc1ccc(NC2CCC3CCCCC3C2)c(F)c1. The molecule has 0 saturated heterocycles. The molecule has 19 heavy (non-hydrogen) atoms. The fourth-order valence-electron chi connectivity index (χ4n) is 3.96. The molecule has 3 rings (SSSR count). The zero-order chi connectivity index (χ0) is 13.2. The number of hydrogen-bond donors (Lipinski definition) is 1. The summed E-state index contributed by atoms with van der Waals surface area (Å²) in [6, 6.07) is 5.96. The zero-order valence-corrected chi connectivity index (χ0v) is 11.8. The molecule has 2 heteroatoms. The van der Waals surface area contributed by atoms with Crippen molar-refractivity contribution in [3.63, 3.8) is 0 Å². The van der Waals surface area contributed by atoms with Crippen molar-refractivity contribution in [2.75, 3.05) is 5.32 Å². The van der Waals surface area contributed by atoms with Gasteiger partial charge in [0.25, 0.3) is 0 Å². The Hall–Kier alpha value is -1.05. The number of benzene rings is 1. The van der Waals surface area contributed by atoms with Crippen LogP contribution >= 0.6 is 0 Å². The smallest absolute Gasteiger partial charge is 0.146 e. The van der Waals surface area contributed by atoms with Gasteiger partial charge in [-0.25, -0.2) is 4.39 Å². The summed E-state index contributed by atoms with van der Waals surface area (Å²) in [5, 5.41) is 3.43. The zero-order valence-electron chi connectivity index (χ0n) is 11.8. The van der Waals surface area contributed by atoms with Gasteiger partial charge in [0.1, 0.15) is 5.82 Å². The summed E-state index contributed by atoms with van der Waals surface area (Å²) >= 11 is 0. The molecule has 0 bridgehead atoms. The first-order valence-electron chi connectivity index (χ1n) is 7.75. The summed E-state index contributed by atoms with van der Waals surface area (Å²) in [5.41, 5.74) is 1.67. The van der Waals surface area contributed by atoms with Gasteiger partial charge in [0.2, 0.25) is 0 Å². The number of anilines is 1. The second kappa shape index (κ2) is 5.52. The maximum absolute atomic E-state index is 13.9. The molecule has 0 heterocycles. The summed E-state index contributed by atoms with van der Waals surface area (Å²) in [6.07, 6.45) is 9.40. The van der Waals surface area contributed by atoms with E-state index in [9.17, 15) is 4.39 Å². The first-order valence-corrected chi connectivity index (χ1v) is 7.75. The molecular formula is C17H24FN. The van der Waals surface area contributed by atoms with Crippen LogP contribution in [0.2, 0.25) is 0 Å². The predicted octanol–water partition coefficient (Wildman–Crippen LogP) is 4.90. The van der Waals surface area contributed by atoms with E-state index >= 15 is 0 Å². The molecule has 3 unspecified atom stereocenters. The average Bonchev–Trinajstić information content (AvgIpc) is 2.42. The van der Waals surface area contributed by atoms with Crippen molar-refractivity contribution < 1.29 is 4.39 Å². The second-order valence-corrected chi connectivity index (χ2v) is 6.44. The molecular weight excluding hydrogens is 237 g/mol. The number of rotatable bonds is 2. The molecule has 0 aliphatic heterocycles. The van der Waals surface area contributed by atoms with Gasteiger partial charge < -0.3 is 5.32 Å². The quantitative estimate of drug-likeness (QED) is 0.798. The highest BCUT2D eigenvalue weighted by molar-refractivity contribution is 5.47. The molecule has 3 atom stereocenters. The van der Waals surface area contributed by atoms with E-state index in [1.165, 1.54) is 44.9 Å². The van der Waals surface area contributed by atoms with Gasteiger partial charge in [-0.2, -0.15) is 0 Å². The van der Waals surface area contributed by atoms with E-state index < -0.39 is 0 Å². The van der Waals surface area contributed by atoms with Gasteiger partial charge in [-0.15, -0.1) is 0 Å². The molecule has 0 amide bonds. The monoisotopic (exact) mass is 261 g/mol.